The number of nitrogens with zero attached hydrogens (tertiary/aromatic N) is 8. The van der Waals surface area contributed by atoms with Gasteiger partial charge in [0.1, 0.15) is 80.8 Å². The van der Waals surface area contributed by atoms with E-state index in [1.807, 2.05) is 278 Å². The molecule has 632 valence electrons. The number of fused-ring (bicyclic) bond motifs is 15. The number of anilines is 15. The predicted octanol–water partition coefficient (Wildman–Crippen LogP) is 24.2. The van der Waals surface area contributed by atoms with Gasteiger partial charge in [0.2, 0.25) is 0 Å². The average Bonchev–Trinajstić information content (AvgIpc) is 0.750. The molecule has 0 spiro atoms. The zero-order valence-corrected chi connectivity index (χ0v) is 70.8. The molecule has 0 bridgehead atoms. The van der Waals surface area contributed by atoms with Crippen LogP contribution in [0.5, 0.6) is 11.5 Å². The number of rotatable bonds is 11. The number of halogens is 8. The van der Waals surface area contributed by atoms with Crippen molar-refractivity contribution in [2.24, 2.45) is 0 Å². The summed E-state index contributed by atoms with van der Waals surface area (Å²) in [6.45, 7) is -2.91. The molecule has 0 aliphatic carbocycles. The van der Waals surface area contributed by atoms with Crippen molar-refractivity contribution in [3.63, 3.8) is 0 Å². The summed E-state index contributed by atoms with van der Waals surface area (Å²) < 4.78 is 163. The first-order valence-electron chi connectivity index (χ1n) is 44.4. The van der Waals surface area contributed by atoms with Crippen molar-refractivity contribution in [2.75, 3.05) is 24.5 Å². The Morgan fingerprint density at radius 3 is 0.858 bits per heavy atom. The summed E-state index contributed by atoms with van der Waals surface area (Å²) in [5.41, 5.74) is 15.3. The molecule has 9 heterocycles. The van der Waals surface area contributed by atoms with E-state index >= 15 is 35.1 Å². The van der Waals surface area contributed by atoms with Crippen LogP contribution in [0.3, 0.4) is 0 Å². The second-order valence-corrected chi connectivity index (χ2v) is 34.8. The number of para-hydroxylation sites is 10. The van der Waals surface area contributed by atoms with Crippen LogP contribution in [0.4, 0.5) is 120 Å². The number of hydrogen-bond donors (Lipinski definition) is 0. The second-order valence-electron chi connectivity index (χ2n) is 34.8. The number of ether oxygens (including phenoxy) is 1. The van der Waals surface area contributed by atoms with Gasteiger partial charge in [-0.3, -0.25) is 0 Å². The van der Waals surface area contributed by atoms with Gasteiger partial charge < -0.3 is 42.9 Å². The van der Waals surface area contributed by atoms with E-state index in [2.05, 4.69) is 50.4 Å². The molecule has 0 fully saturated rings. The minimum Gasteiger partial charge on any atom is -0.458 e. The molecule has 6 aliphatic rings. The Morgan fingerprint density at radius 1 is 0.187 bits per heavy atom. The van der Waals surface area contributed by atoms with E-state index in [1.165, 1.54) is 82.6 Å². The minimum absolute atomic E-state index is 0.136. The molecule has 20 heteroatoms. The fourth-order valence-electron chi connectivity index (χ4n) is 22.4. The Bertz CT molecular complexity index is 8530. The maximum atomic E-state index is 18.9. The van der Waals surface area contributed by atoms with Crippen LogP contribution in [0.15, 0.2) is 394 Å². The Morgan fingerprint density at radius 2 is 0.478 bits per heavy atom. The second kappa shape index (κ2) is 29.3. The highest BCUT2D eigenvalue weighted by Gasteiger charge is 2.53. The lowest BCUT2D eigenvalue weighted by atomic mass is 9.29. The van der Waals surface area contributed by atoms with Crippen LogP contribution in [0.1, 0.15) is 0 Å². The topological polar surface area (TPSA) is 40.2 Å². The summed E-state index contributed by atoms with van der Waals surface area (Å²) >= 11 is 0. The van der Waals surface area contributed by atoms with E-state index < -0.39 is 89.4 Å². The average molecular weight is 1750 g/mol. The van der Waals surface area contributed by atoms with Gasteiger partial charge >= 0.3 is 0 Å². The van der Waals surface area contributed by atoms with E-state index in [1.54, 1.807) is 21.9 Å². The van der Waals surface area contributed by atoms with Crippen LogP contribution in [0, 0.1) is 46.5 Å². The lowest BCUT2D eigenvalue weighted by Crippen LogP contribution is -2.66. The van der Waals surface area contributed by atoms with Crippen LogP contribution in [0.2, 0.25) is 0 Å². The Kier molecular flexibility index (Phi) is 16.8. The monoisotopic (exact) mass is 1750 g/mol. The predicted molar refractivity (Wildman–Crippen MR) is 527 cm³/mol. The van der Waals surface area contributed by atoms with Gasteiger partial charge in [-0.05, 0) is 218 Å². The van der Waals surface area contributed by atoms with Crippen LogP contribution < -0.4 is 78.4 Å². The third-order valence-electron chi connectivity index (χ3n) is 27.7. The molecular weight excluding hydrogens is 1680 g/mol. The Labute approximate surface area is 763 Å². The molecule has 3 aromatic heterocycles. The molecule has 27 rings (SSSR count). The highest BCUT2D eigenvalue weighted by Crippen LogP contribution is 2.55. The standard InChI is InChI=1S/C114H65B3F8N8O/c118-82-40-23-41-83(119)111(82)130-97-64-99-80(62-78(97)115-76-38-16-21-51-93(76)126(72-36-11-4-12-37-72)101-56-73(57-102(130)108(101)115)127-90-48-18-13-33-69(90)53-94(127)66-27-5-1-6-28-66)117-81-63-79-98(133(114-88(124)46-26-47-89(114)125)105-60-75(61-107-110(105)116(79)77-39-17-22-52-106(77)134-107)129-92-50-20-15-35-71(92)55-96(129)68-31-9-3-10-32-68)65-100(81)132(113-86(122)44-25-45-87(113)123)104-59-74(58-103(109(104)117)131(99)112-84(120)42-24-43-85(112)121)128-91-49-19-14-34-70(91)54-95(128)67-29-7-2-8-30-67/h1-65H. The summed E-state index contributed by atoms with van der Waals surface area (Å²) in [5, 5.41) is 2.63. The molecule has 0 saturated carbocycles. The molecule has 6 aliphatic heterocycles. The lowest BCUT2D eigenvalue weighted by molar-refractivity contribution is 0.487. The molecule has 0 radical (unpaired) electrons. The SMILES string of the molecule is Fc1cccc(F)c1N1c2cc3c(cc2B2c4ccccc4Oc4cc(-n5c(-c6ccccc6)cc6ccccc65)cc1c42)B1c2cc4c(cc2N(c2c(F)cccc2F)c2cc(-n5c(-c6ccccc6)cc6ccccc65)cc(c21)N3c1c(F)cccc1F)N(c1c(F)cccc1F)c1cc(-n2c(-c3ccccc3)cc3ccccc32)cc2c1B4c1ccccc1N2c1ccccc1. The fraction of sp³-hybridized carbons (Fsp3) is 0. The fourth-order valence-corrected chi connectivity index (χ4v) is 22.4. The van der Waals surface area contributed by atoms with Crippen molar-refractivity contribution in [1.82, 2.24) is 13.7 Å². The highest BCUT2D eigenvalue weighted by molar-refractivity contribution is 7.04. The first kappa shape index (κ1) is 77.0. The third-order valence-corrected chi connectivity index (χ3v) is 27.7. The van der Waals surface area contributed by atoms with Gasteiger partial charge in [0.05, 0.1) is 50.7 Å². The van der Waals surface area contributed by atoms with Gasteiger partial charge in [-0.1, -0.05) is 237 Å². The van der Waals surface area contributed by atoms with Gasteiger partial charge in [-0.25, -0.2) is 35.1 Å². The van der Waals surface area contributed by atoms with Crippen molar-refractivity contribution < 1.29 is 39.9 Å². The van der Waals surface area contributed by atoms with Crippen molar-refractivity contribution >= 4 is 187 Å². The normalized spacial score (nSPS) is 13.3. The Balaban J connectivity index is 0.811. The van der Waals surface area contributed by atoms with E-state index in [9.17, 15) is 0 Å². The maximum Gasteiger partial charge on any atom is 0.256 e. The molecule has 0 atom stereocenters. The molecule has 21 aromatic rings. The van der Waals surface area contributed by atoms with Crippen molar-refractivity contribution in [1.29, 1.82) is 0 Å². The molecule has 9 nitrogen and oxygen atoms in total. The zero-order valence-electron chi connectivity index (χ0n) is 70.8. The number of aromatic nitrogens is 3. The molecule has 18 aromatic carbocycles. The molecule has 0 N–H and O–H groups in total. The number of hydrogen-bond acceptors (Lipinski definition) is 6. The first-order valence-corrected chi connectivity index (χ1v) is 44.4. The Hall–Kier alpha value is -17.0. The summed E-state index contributed by atoms with van der Waals surface area (Å²) in [6, 6.07) is 119. The van der Waals surface area contributed by atoms with Crippen LogP contribution in [0.25, 0.3) is 83.5 Å². The van der Waals surface area contributed by atoms with E-state index in [0.717, 1.165) is 72.1 Å². The zero-order chi connectivity index (χ0) is 89.3. The van der Waals surface area contributed by atoms with E-state index in [4.69, 9.17) is 4.74 Å². The molecule has 0 amide bonds. The largest absolute Gasteiger partial charge is 0.458 e. The maximum absolute atomic E-state index is 18.9. The molecular formula is C114H65B3F8N8O. The van der Waals surface area contributed by atoms with Gasteiger partial charge in [-0.2, -0.15) is 0 Å². The summed E-state index contributed by atoms with van der Waals surface area (Å²) in [6.07, 6.45) is 0. The third kappa shape index (κ3) is 11.2. The molecule has 0 unspecified atom stereocenters. The summed E-state index contributed by atoms with van der Waals surface area (Å²) in [4.78, 5) is 8.44. The van der Waals surface area contributed by atoms with Crippen molar-refractivity contribution in [3.8, 4) is 62.3 Å². The van der Waals surface area contributed by atoms with E-state index in [-0.39, 0.29) is 34.1 Å². The van der Waals surface area contributed by atoms with E-state index in [0.29, 0.717) is 101 Å². The van der Waals surface area contributed by atoms with Crippen LogP contribution >= 0.6 is 0 Å². The summed E-state index contributed by atoms with van der Waals surface area (Å²) in [7, 11) is 0. The van der Waals surface area contributed by atoms with Crippen molar-refractivity contribution in [3.05, 3.63) is 441 Å². The molecule has 0 saturated heterocycles. The van der Waals surface area contributed by atoms with Crippen LogP contribution in [-0.2, 0) is 0 Å². The lowest BCUT2D eigenvalue weighted by Gasteiger charge is -2.48. The van der Waals surface area contributed by atoms with Crippen molar-refractivity contribution in [2.45, 2.75) is 0 Å². The molecule has 134 heavy (non-hydrogen) atoms. The minimum atomic E-state index is -1.20. The number of benzene rings is 18. The van der Waals surface area contributed by atoms with Gasteiger partial charge in [0, 0.05) is 84.8 Å². The smallest absolute Gasteiger partial charge is 0.256 e. The summed E-state index contributed by atoms with van der Waals surface area (Å²) in [5.74, 6) is -6.91. The quantitative estimate of drug-likeness (QED) is 0.0949. The first-order chi connectivity index (χ1) is 65.8. The van der Waals surface area contributed by atoms with Gasteiger partial charge in [0.25, 0.3) is 20.1 Å². The van der Waals surface area contributed by atoms with Gasteiger partial charge in [0.15, 0.2) is 0 Å². The highest BCUT2D eigenvalue weighted by atomic mass is 19.2. The van der Waals surface area contributed by atoms with Crippen LogP contribution in [-0.4, -0.2) is 33.8 Å². The van der Waals surface area contributed by atoms with Gasteiger partial charge in [-0.15, -0.1) is 0 Å².